The summed E-state index contributed by atoms with van der Waals surface area (Å²) in [7, 11) is -3.53. The van der Waals surface area contributed by atoms with Crippen LogP contribution < -0.4 is 15.4 Å². The summed E-state index contributed by atoms with van der Waals surface area (Å²) in [6.45, 7) is 5.07. The summed E-state index contributed by atoms with van der Waals surface area (Å²) < 4.78 is 25.5. The van der Waals surface area contributed by atoms with Gasteiger partial charge >= 0.3 is 0 Å². The maximum Gasteiger partial charge on any atom is 0.256 e. The Morgan fingerprint density at radius 2 is 2.04 bits per heavy atom. The molecule has 1 fully saturated rings. The van der Waals surface area contributed by atoms with Crippen LogP contribution in [0.3, 0.4) is 0 Å². The van der Waals surface area contributed by atoms with Crippen molar-refractivity contribution in [1.82, 2.24) is 10.2 Å². The summed E-state index contributed by atoms with van der Waals surface area (Å²) in [5.41, 5.74) is 0.844. The summed E-state index contributed by atoms with van der Waals surface area (Å²) in [5, 5.41) is 5.85. The Morgan fingerprint density at radius 1 is 1.33 bits per heavy atom. The molecular weight excluding hydrogens is 332 g/mol. The summed E-state index contributed by atoms with van der Waals surface area (Å²) in [6, 6.07) is 4.67. The van der Waals surface area contributed by atoms with Gasteiger partial charge in [-0.15, -0.1) is 0 Å². The predicted octanol–water partition coefficient (Wildman–Crippen LogP) is 0.450. The average Bonchev–Trinajstić information content (AvgIpc) is 2.46. The van der Waals surface area contributed by atoms with Crippen LogP contribution in [-0.2, 0) is 14.8 Å². The first-order valence-electron chi connectivity index (χ1n) is 7.58. The molecule has 0 radical (unpaired) electrons. The molecule has 1 aliphatic heterocycles. The Bertz CT molecular complexity index is 748. The molecule has 9 heteroatoms. The van der Waals surface area contributed by atoms with Gasteiger partial charge in [0.25, 0.3) is 5.91 Å². The van der Waals surface area contributed by atoms with Crippen molar-refractivity contribution < 1.29 is 18.0 Å². The molecule has 1 aromatic carbocycles. The number of anilines is 2. The summed E-state index contributed by atoms with van der Waals surface area (Å²) in [6.07, 6.45) is 1.02. The molecule has 1 atom stereocenters. The molecule has 2 rings (SSSR count). The standard InChI is InChI=1S/C15H22N4O4S/c1-10-9-19(7-6-16-10)15(21)13-8-12(17-11(2)20)4-5-14(13)18-24(3,22)23/h4-5,8,10,16,18H,6-7,9H2,1-3H3,(H,17,20). The van der Waals surface area contributed by atoms with Gasteiger partial charge in [0.05, 0.1) is 17.5 Å². The van der Waals surface area contributed by atoms with E-state index in [9.17, 15) is 18.0 Å². The molecule has 132 valence electrons. The molecule has 0 aliphatic carbocycles. The number of nitrogens with zero attached hydrogens (tertiary/aromatic N) is 1. The first-order valence-corrected chi connectivity index (χ1v) is 9.47. The zero-order chi connectivity index (χ0) is 17.9. The largest absolute Gasteiger partial charge is 0.336 e. The van der Waals surface area contributed by atoms with E-state index < -0.39 is 10.0 Å². The number of amides is 2. The Kier molecular flexibility index (Phi) is 5.45. The highest BCUT2D eigenvalue weighted by atomic mass is 32.2. The number of hydrogen-bond donors (Lipinski definition) is 3. The van der Waals surface area contributed by atoms with Crippen LogP contribution >= 0.6 is 0 Å². The fourth-order valence-corrected chi connectivity index (χ4v) is 3.16. The van der Waals surface area contributed by atoms with Crippen molar-refractivity contribution in [3.8, 4) is 0 Å². The lowest BCUT2D eigenvalue weighted by Gasteiger charge is -2.32. The Balaban J connectivity index is 2.38. The highest BCUT2D eigenvalue weighted by Gasteiger charge is 2.24. The van der Waals surface area contributed by atoms with Crippen LogP contribution in [0.4, 0.5) is 11.4 Å². The predicted molar refractivity (Wildman–Crippen MR) is 92.6 cm³/mol. The third-order valence-corrected chi connectivity index (χ3v) is 4.11. The van der Waals surface area contributed by atoms with Crippen molar-refractivity contribution >= 4 is 33.2 Å². The van der Waals surface area contributed by atoms with E-state index in [1.807, 2.05) is 6.92 Å². The maximum absolute atomic E-state index is 12.8. The van der Waals surface area contributed by atoms with Crippen LogP contribution in [0.5, 0.6) is 0 Å². The number of sulfonamides is 1. The minimum atomic E-state index is -3.53. The number of hydrogen-bond acceptors (Lipinski definition) is 5. The number of nitrogens with one attached hydrogen (secondary N) is 3. The molecule has 3 N–H and O–H groups in total. The van der Waals surface area contributed by atoms with Gasteiger partial charge in [-0.3, -0.25) is 14.3 Å². The van der Waals surface area contributed by atoms with E-state index in [1.165, 1.54) is 19.1 Å². The van der Waals surface area contributed by atoms with Gasteiger partial charge in [-0.05, 0) is 25.1 Å². The molecule has 1 saturated heterocycles. The fraction of sp³-hybridized carbons (Fsp3) is 0.467. The van der Waals surface area contributed by atoms with Crippen LogP contribution in [0.25, 0.3) is 0 Å². The minimum Gasteiger partial charge on any atom is -0.336 e. The topological polar surface area (TPSA) is 108 Å². The third-order valence-electron chi connectivity index (χ3n) is 3.52. The van der Waals surface area contributed by atoms with Gasteiger partial charge in [-0.1, -0.05) is 0 Å². The molecule has 24 heavy (non-hydrogen) atoms. The zero-order valence-electron chi connectivity index (χ0n) is 13.9. The van der Waals surface area contributed by atoms with Gasteiger partial charge in [-0.2, -0.15) is 0 Å². The highest BCUT2D eigenvalue weighted by molar-refractivity contribution is 7.92. The Hall–Kier alpha value is -2.13. The summed E-state index contributed by atoms with van der Waals surface area (Å²) in [5.74, 6) is -0.547. The molecule has 8 nitrogen and oxygen atoms in total. The van der Waals surface area contributed by atoms with Crippen molar-refractivity contribution in [2.75, 3.05) is 35.9 Å². The smallest absolute Gasteiger partial charge is 0.256 e. The molecule has 2 amide bonds. The highest BCUT2D eigenvalue weighted by Crippen LogP contribution is 2.24. The van der Waals surface area contributed by atoms with Crippen molar-refractivity contribution in [2.24, 2.45) is 0 Å². The van der Waals surface area contributed by atoms with Gasteiger partial charge in [0.1, 0.15) is 0 Å². The summed E-state index contributed by atoms with van der Waals surface area (Å²) >= 11 is 0. The number of carbonyl (C=O) groups is 2. The van der Waals surface area contributed by atoms with Gasteiger partial charge in [0.2, 0.25) is 15.9 Å². The normalized spacial score (nSPS) is 18.1. The van der Waals surface area contributed by atoms with Crippen LogP contribution in [0, 0.1) is 0 Å². The Labute approximate surface area is 141 Å². The molecular formula is C15H22N4O4S. The number of rotatable bonds is 4. The molecule has 1 heterocycles. The maximum atomic E-state index is 12.8. The molecule has 1 unspecified atom stereocenters. The van der Waals surface area contributed by atoms with E-state index in [-0.39, 0.29) is 29.1 Å². The van der Waals surface area contributed by atoms with Gasteiger partial charge in [0.15, 0.2) is 0 Å². The lowest BCUT2D eigenvalue weighted by molar-refractivity contribution is -0.114. The minimum absolute atomic E-state index is 0.160. The monoisotopic (exact) mass is 354 g/mol. The van der Waals surface area contributed by atoms with Gasteiger partial charge < -0.3 is 15.5 Å². The molecule has 0 spiro atoms. The molecule has 0 bridgehead atoms. The number of benzene rings is 1. The van der Waals surface area contributed by atoms with Gasteiger partial charge in [0, 0.05) is 38.3 Å². The van der Waals surface area contributed by atoms with E-state index in [0.717, 1.165) is 6.26 Å². The fourth-order valence-electron chi connectivity index (χ4n) is 2.58. The second kappa shape index (κ2) is 7.18. The molecule has 0 aromatic heterocycles. The van der Waals surface area contributed by atoms with Crippen LogP contribution in [0.1, 0.15) is 24.2 Å². The Morgan fingerprint density at radius 3 is 2.62 bits per heavy atom. The van der Waals surface area contributed by atoms with E-state index >= 15 is 0 Å². The van der Waals surface area contributed by atoms with Crippen molar-refractivity contribution in [3.05, 3.63) is 23.8 Å². The zero-order valence-corrected chi connectivity index (χ0v) is 14.7. The average molecular weight is 354 g/mol. The van der Waals surface area contributed by atoms with Crippen molar-refractivity contribution in [3.63, 3.8) is 0 Å². The van der Waals surface area contributed by atoms with Crippen LogP contribution in [0.15, 0.2) is 18.2 Å². The third kappa shape index (κ3) is 4.93. The van der Waals surface area contributed by atoms with Crippen LogP contribution in [-0.4, -0.2) is 57.1 Å². The van der Waals surface area contributed by atoms with E-state index in [1.54, 1.807) is 11.0 Å². The SMILES string of the molecule is CC(=O)Nc1ccc(NS(C)(=O)=O)c(C(=O)N2CCNC(C)C2)c1. The quantitative estimate of drug-likeness (QED) is 0.728. The number of carbonyl (C=O) groups excluding carboxylic acids is 2. The molecule has 1 aliphatic rings. The first-order chi connectivity index (χ1) is 11.2. The summed E-state index contributed by atoms with van der Waals surface area (Å²) in [4.78, 5) is 25.7. The molecule has 1 aromatic rings. The lowest BCUT2D eigenvalue weighted by atomic mass is 10.1. The number of piperazine rings is 1. The molecule has 0 saturated carbocycles. The van der Waals surface area contributed by atoms with Crippen molar-refractivity contribution in [2.45, 2.75) is 19.9 Å². The van der Waals surface area contributed by atoms with Crippen LogP contribution in [0.2, 0.25) is 0 Å². The second-order valence-electron chi connectivity index (χ2n) is 5.92. The van der Waals surface area contributed by atoms with Gasteiger partial charge in [-0.25, -0.2) is 8.42 Å². The second-order valence-corrected chi connectivity index (χ2v) is 7.67. The van der Waals surface area contributed by atoms with Crippen molar-refractivity contribution in [1.29, 1.82) is 0 Å². The van der Waals surface area contributed by atoms with E-state index in [2.05, 4.69) is 15.4 Å². The van der Waals surface area contributed by atoms with E-state index in [4.69, 9.17) is 0 Å². The first kappa shape index (κ1) is 18.2. The lowest BCUT2D eigenvalue weighted by Crippen LogP contribution is -2.51. The van der Waals surface area contributed by atoms with E-state index in [0.29, 0.717) is 25.3 Å².